The van der Waals surface area contributed by atoms with Crippen LogP contribution in [0.5, 0.6) is 0 Å². The number of thiophene rings is 1. The first-order chi connectivity index (χ1) is 10.7. The van der Waals surface area contributed by atoms with Crippen LogP contribution in [0.3, 0.4) is 0 Å². The third kappa shape index (κ3) is 2.99. The third-order valence-electron chi connectivity index (χ3n) is 2.97. The first kappa shape index (κ1) is 15.0. The Morgan fingerprint density at radius 2 is 2.05 bits per heavy atom. The second-order valence-electron chi connectivity index (χ2n) is 4.39. The molecule has 0 unspecified atom stereocenters. The van der Waals surface area contributed by atoms with Crippen LogP contribution in [0.4, 0.5) is 10.7 Å². The van der Waals surface area contributed by atoms with Crippen molar-refractivity contribution < 1.29 is 4.79 Å². The molecular weight excluding hydrogens is 343 g/mol. The molecule has 2 aromatic heterocycles. The molecule has 0 saturated heterocycles. The number of rotatable bonds is 5. The van der Waals surface area contributed by atoms with Gasteiger partial charge in [-0.05, 0) is 23.6 Å². The Hall–Kier alpha value is -1.89. The van der Waals surface area contributed by atoms with Gasteiger partial charge in [-0.2, -0.15) is 15.0 Å². The first-order valence-electron chi connectivity index (χ1n) is 6.29. The molecule has 1 amide bonds. The van der Waals surface area contributed by atoms with Crippen LogP contribution in [0, 0.1) is 0 Å². The van der Waals surface area contributed by atoms with Gasteiger partial charge in [0.25, 0.3) is 0 Å². The average molecular weight is 353 g/mol. The molecule has 0 spiro atoms. The number of halogens is 2. The van der Waals surface area contributed by atoms with E-state index in [1.54, 1.807) is 36.7 Å². The van der Waals surface area contributed by atoms with Gasteiger partial charge in [0.2, 0.25) is 6.41 Å². The minimum atomic E-state index is 0.449. The Kier molecular flexibility index (Phi) is 4.42. The van der Waals surface area contributed by atoms with E-state index in [0.29, 0.717) is 27.3 Å². The molecular formula is C14H10Cl2N4OS. The molecule has 5 nitrogen and oxygen atoms in total. The fourth-order valence-electron chi connectivity index (χ4n) is 1.97. The standard InChI is InChI=1S/C14H10Cl2N4OS/c15-11-2-1-3-12(6-11)19(9-21)14-13(16)10(8-22-14)7-20-17-4-5-18-20/h1-6,8-9H,7H2. The van der Waals surface area contributed by atoms with Gasteiger partial charge in [-0.1, -0.05) is 29.3 Å². The summed E-state index contributed by atoms with van der Waals surface area (Å²) in [5.74, 6) is 0. The molecule has 2 heterocycles. The van der Waals surface area contributed by atoms with Crippen molar-refractivity contribution in [1.29, 1.82) is 0 Å². The highest BCUT2D eigenvalue weighted by Crippen LogP contribution is 2.39. The van der Waals surface area contributed by atoms with Crippen molar-refractivity contribution in [3.8, 4) is 0 Å². The number of hydrogen-bond acceptors (Lipinski definition) is 4. The van der Waals surface area contributed by atoms with Gasteiger partial charge < -0.3 is 0 Å². The predicted molar refractivity (Wildman–Crippen MR) is 88.1 cm³/mol. The fraction of sp³-hybridized carbons (Fsp3) is 0.0714. The van der Waals surface area contributed by atoms with Crippen molar-refractivity contribution in [3.05, 3.63) is 57.6 Å². The van der Waals surface area contributed by atoms with E-state index in [-0.39, 0.29) is 0 Å². The van der Waals surface area contributed by atoms with Gasteiger partial charge in [-0.25, -0.2) is 0 Å². The normalized spacial score (nSPS) is 10.6. The molecule has 22 heavy (non-hydrogen) atoms. The lowest BCUT2D eigenvalue weighted by atomic mass is 10.3. The zero-order valence-corrected chi connectivity index (χ0v) is 13.5. The number of anilines is 2. The summed E-state index contributed by atoms with van der Waals surface area (Å²) in [6.07, 6.45) is 3.93. The Labute approximate surface area is 140 Å². The maximum Gasteiger partial charge on any atom is 0.219 e. The Bertz CT molecular complexity index is 788. The van der Waals surface area contributed by atoms with E-state index in [9.17, 15) is 4.79 Å². The minimum Gasteiger partial charge on any atom is -0.278 e. The van der Waals surface area contributed by atoms with Crippen molar-refractivity contribution in [2.24, 2.45) is 0 Å². The lowest BCUT2D eigenvalue weighted by molar-refractivity contribution is -0.106. The zero-order valence-electron chi connectivity index (χ0n) is 11.2. The first-order valence-corrected chi connectivity index (χ1v) is 7.92. The summed E-state index contributed by atoms with van der Waals surface area (Å²) in [5, 5.41) is 11.7. The number of carbonyl (C=O) groups is 1. The Morgan fingerprint density at radius 3 is 2.73 bits per heavy atom. The largest absolute Gasteiger partial charge is 0.278 e. The maximum absolute atomic E-state index is 11.5. The Morgan fingerprint density at radius 1 is 1.27 bits per heavy atom. The average Bonchev–Trinajstić information content (AvgIpc) is 3.13. The van der Waals surface area contributed by atoms with Crippen LogP contribution < -0.4 is 4.90 Å². The molecule has 0 fully saturated rings. The molecule has 0 radical (unpaired) electrons. The third-order valence-corrected chi connectivity index (χ3v) is 4.77. The van der Waals surface area contributed by atoms with Gasteiger partial charge in [0.1, 0.15) is 5.00 Å². The van der Waals surface area contributed by atoms with Crippen molar-refractivity contribution in [1.82, 2.24) is 15.0 Å². The van der Waals surface area contributed by atoms with Gasteiger partial charge in [0.15, 0.2) is 0 Å². The number of amides is 1. The molecule has 0 aliphatic carbocycles. The topological polar surface area (TPSA) is 51.0 Å². The quantitative estimate of drug-likeness (QED) is 0.652. The van der Waals surface area contributed by atoms with Crippen LogP contribution >= 0.6 is 34.5 Å². The second-order valence-corrected chi connectivity index (χ2v) is 6.07. The van der Waals surface area contributed by atoms with Crippen LogP contribution in [0.15, 0.2) is 42.0 Å². The number of carbonyl (C=O) groups excluding carboxylic acids is 1. The molecule has 0 atom stereocenters. The molecule has 8 heteroatoms. The molecule has 0 saturated carbocycles. The lowest BCUT2D eigenvalue weighted by Crippen LogP contribution is -2.13. The molecule has 112 valence electrons. The summed E-state index contributed by atoms with van der Waals surface area (Å²) in [4.78, 5) is 14.5. The summed E-state index contributed by atoms with van der Waals surface area (Å²) in [6.45, 7) is 0.449. The molecule has 0 bridgehead atoms. The molecule has 0 aliphatic heterocycles. The van der Waals surface area contributed by atoms with Crippen LogP contribution in [-0.4, -0.2) is 21.4 Å². The predicted octanol–water partition coefficient (Wildman–Crippen LogP) is 3.99. The van der Waals surface area contributed by atoms with Crippen molar-refractivity contribution >= 4 is 51.6 Å². The Balaban J connectivity index is 1.93. The van der Waals surface area contributed by atoms with Crippen LogP contribution in [-0.2, 0) is 11.3 Å². The summed E-state index contributed by atoms with van der Waals surface area (Å²) < 4.78 is 0. The van der Waals surface area contributed by atoms with E-state index in [2.05, 4.69) is 10.2 Å². The van der Waals surface area contributed by atoms with E-state index in [4.69, 9.17) is 23.2 Å². The van der Waals surface area contributed by atoms with Crippen LogP contribution in [0.25, 0.3) is 0 Å². The number of benzene rings is 1. The minimum absolute atomic E-state index is 0.449. The van der Waals surface area contributed by atoms with E-state index < -0.39 is 0 Å². The highest BCUT2D eigenvalue weighted by atomic mass is 35.5. The highest BCUT2D eigenvalue weighted by Gasteiger charge is 2.18. The highest BCUT2D eigenvalue weighted by molar-refractivity contribution is 7.15. The lowest BCUT2D eigenvalue weighted by Gasteiger charge is -2.16. The zero-order chi connectivity index (χ0) is 15.5. The maximum atomic E-state index is 11.5. The molecule has 0 aliphatic rings. The molecule has 0 N–H and O–H groups in total. The summed E-state index contributed by atoms with van der Waals surface area (Å²) in [5.41, 5.74) is 1.52. The van der Waals surface area contributed by atoms with Gasteiger partial charge in [-0.15, -0.1) is 11.3 Å². The van der Waals surface area contributed by atoms with Crippen molar-refractivity contribution in [3.63, 3.8) is 0 Å². The van der Waals surface area contributed by atoms with E-state index >= 15 is 0 Å². The summed E-state index contributed by atoms with van der Waals surface area (Å²) >= 11 is 13.8. The van der Waals surface area contributed by atoms with Gasteiger partial charge >= 0.3 is 0 Å². The SMILES string of the molecule is O=CN(c1cccc(Cl)c1)c1scc(Cn2nccn2)c1Cl. The molecule has 1 aromatic carbocycles. The van der Waals surface area contributed by atoms with E-state index in [1.807, 2.05) is 5.38 Å². The van der Waals surface area contributed by atoms with Crippen molar-refractivity contribution in [2.75, 3.05) is 4.90 Å². The van der Waals surface area contributed by atoms with Crippen LogP contribution in [0.2, 0.25) is 10.0 Å². The summed E-state index contributed by atoms with van der Waals surface area (Å²) in [7, 11) is 0. The van der Waals surface area contributed by atoms with Gasteiger partial charge in [0.05, 0.1) is 29.6 Å². The smallest absolute Gasteiger partial charge is 0.219 e. The number of hydrogen-bond donors (Lipinski definition) is 0. The van der Waals surface area contributed by atoms with Crippen LogP contribution in [0.1, 0.15) is 5.56 Å². The second kappa shape index (κ2) is 6.48. The van der Waals surface area contributed by atoms with Gasteiger partial charge in [0, 0.05) is 10.6 Å². The molecule has 3 rings (SSSR count). The monoisotopic (exact) mass is 352 g/mol. The van der Waals surface area contributed by atoms with Gasteiger partial charge in [-0.3, -0.25) is 9.69 Å². The van der Waals surface area contributed by atoms with E-state index in [0.717, 1.165) is 12.0 Å². The van der Waals surface area contributed by atoms with E-state index in [1.165, 1.54) is 21.0 Å². The number of aromatic nitrogens is 3. The van der Waals surface area contributed by atoms with Crippen molar-refractivity contribution in [2.45, 2.75) is 6.54 Å². The summed E-state index contributed by atoms with van der Waals surface area (Å²) in [6, 6.07) is 7.04. The number of nitrogens with zero attached hydrogens (tertiary/aromatic N) is 4. The molecule has 3 aromatic rings. The fourth-order valence-corrected chi connectivity index (χ4v) is 3.50.